The van der Waals surface area contributed by atoms with E-state index in [1.54, 1.807) is 36.4 Å². The number of nitro groups is 1. The van der Waals surface area contributed by atoms with Gasteiger partial charge in [-0.2, -0.15) is 0 Å². The Morgan fingerprint density at radius 3 is 2.27 bits per heavy atom. The van der Waals surface area contributed by atoms with E-state index in [4.69, 9.17) is 9.15 Å². The van der Waals surface area contributed by atoms with Gasteiger partial charge in [0.15, 0.2) is 0 Å². The van der Waals surface area contributed by atoms with Crippen LogP contribution in [-0.2, 0) is 0 Å². The lowest BCUT2D eigenvalue weighted by Gasteiger charge is -2.06. The van der Waals surface area contributed by atoms with E-state index in [1.807, 2.05) is 6.07 Å². The number of amides is 1. The molecule has 1 aromatic heterocycles. The van der Waals surface area contributed by atoms with Crippen molar-refractivity contribution in [1.82, 2.24) is 0 Å². The Morgan fingerprint density at radius 1 is 0.962 bits per heavy atom. The van der Waals surface area contributed by atoms with Gasteiger partial charge in [-0.3, -0.25) is 14.9 Å². The van der Waals surface area contributed by atoms with E-state index >= 15 is 0 Å². The third-order valence-electron chi connectivity index (χ3n) is 3.33. The van der Waals surface area contributed by atoms with Gasteiger partial charge in [-0.25, -0.2) is 4.79 Å². The number of rotatable bonds is 5. The van der Waals surface area contributed by atoms with Crippen LogP contribution in [0.4, 0.5) is 11.6 Å². The van der Waals surface area contributed by atoms with E-state index in [2.05, 4.69) is 5.32 Å². The molecule has 0 bridgehead atoms. The molecular weight excluding hydrogens is 340 g/mol. The van der Waals surface area contributed by atoms with Crippen LogP contribution in [0.2, 0.25) is 0 Å². The fraction of sp³-hybridized carbons (Fsp3) is 0. The van der Waals surface area contributed by atoms with Gasteiger partial charge in [0.1, 0.15) is 10.7 Å². The van der Waals surface area contributed by atoms with Crippen LogP contribution in [0.15, 0.2) is 71.1 Å². The lowest BCUT2D eigenvalue weighted by Crippen LogP contribution is -2.11. The number of ether oxygens (including phenoxy) is 1. The molecule has 8 heteroatoms. The topological polar surface area (TPSA) is 112 Å². The first kappa shape index (κ1) is 16.9. The summed E-state index contributed by atoms with van der Waals surface area (Å²) in [5.74, 6) is -1.75. The number of carbonyl (C=O) groups is 2. The summed E-state index contributed by atoms with van der Waals surface area (Å²) in [6.45, 7) is 0. The average molecular weight is 352 g/mol. The lowest BCUT2D eigenvalue weighted by molar-refractivity contribution is -0.402. The van der Waals surface area contributed by atoms with Crippen molar-refractivity contribution in [3.05, 3.63) is 88.2 Å². The largest absolute Gasteiger partial charge is 0.433 e. The molecule has 3 aromatic rings. The molecule has 0 aliphatic heterocycles. The van der Waals surface area contributed by atoms with E-state index in [1.165, 1.54) is 12.1 Å². The molecule has 0 saturated heterocycles. The first-order chi connectivity index (χ1) is 12.5. The average Bonchev–Trinajstić information content (AvgIpc) is 3.15. The summed E-state index contributed by atoms with van der Waals surface area (Å²) in [7, 11) is 0. The summed E-state index contributed by atoms with van der Waals surface area (Å²) < 4.78 is 9.84. The van der Waals surface area contributed by atoms with Crippen molar-refractivity contribution >= 4 is 23.4 Å². The molecule has 0 spiro atoms. The lowest BCUT2D eigenvalue weighted by atomic mass is 10.2. The number of nitrogens with one attached hydrogen (secondary N) is 1. The molecule has 1 heterocycles. The van der Waals surface area contributed by atoms with Gasteiger partial charge >= 0.3 is 11.9 Å². The van der Waals surface area contributed by atoms with E-state index in [0.29, 0.717) is 11.3 Å². The van der Waals surface area contributed by atoms with Crippen molar-refractivity contribution in [2.24, 2.45) is 0 Å². The van der Waals surface area contributed by atoms with Crippen LogP contribution in [0.25, 0.3) is 0 Å². The SMILES string of the molecule is O=C(Nc1ccc(OC(=O)c2ccc([N+](=O)[O-])o2)cc1)c1ccccc1. The summed E-state index contributed by atoms with van der Waals surface area (Å²) in [6.07, 6.45) is 0. The number of hydrogen-bond donors (Lipinski definition) is 1. The number of benzene rings is 2. The summed E-state index contributed by atoms with van der Waals surface area (Å²) in [6, 6.07) is 17.0. The van der Waals surface area contributed by atoms with Gasteiger partial charge in [0, 0.05) is 11.3 Å². The molecule has 0 aliphatic rings. The third kappa shape index (κ3) is 3.93. The second-order valence-corrected chi connectivity index (χ2v) is 5.13. The number of furan rings is 1. The molecule has 0 unspecified atom stereocenters. The molecule has 26 heavy (non-hydrogen) atoms. The zero-order valence-corrected chi connectivity index (χ0v) is 13.2. The van der Waals surface area contributed by atoms with Crippen molar-refractivity contribution in [2.45, 2.75) is 0 Å². The van der Waals surface area contributed by atoms with Gasteiger partial charge < -0.3 is 14.5 Å². The van der Waals surface area contributed by atoms with Gasteiger partial charge in [0.05, 0.1) is 6.07 Å². The minimum Gasteiger partial charge on any atom is -0.421 e. The quantitative estimate of drug-likeness (QED) is 0.325. The smallest absolute Gasteiger partial charge is 0.421 e. The maximum Gasteiger partial charge on any atom is 0.433 e. The standard InChI is InChI=1S/C18H12N2O6/c21-17(12-4-2-1-3-5-12)19-13-6-8-14(9-7-13)25-18(22)15-10-11-16(26-15)20(23)24/h1-11H,(H,19,21). The Kier molecular flexibility index (Phi) is 4.75. The summed E-state index contributed by atoms with van der Waals surface area (Å²) in [5.41, 5.74) is 1.04. The maximum atomic E-state index is 12.1. The van der Waals surface area contributed by atoms with Crippen LogP contribution in [-0.4, -0.2) is 16.8 Å². The fourth-order valence-corrected chi connectivity index (χ4v) is 2.09. The van der Waals surface area contributed by atoms with Gasteiger partial charge in [-0.05, 0) is 42.5 Å². The number of carbonyl (C=O) groups excluding carboxylic acids is 2. The molecule has 0 atom stereocenters. The Bertz CT molecular complexity index is 947. The van der Waals surface area contributed by atoms with Crippen molar-refractivity contribution in [2.75, 3.05) is 5.32 Å². The Morgan fingerprint density at radius 2 is 1.65 bits per heavy atom. The fourth-order valence-electron chi connectivity index (χ4n) is 2.09. The van der Waals surface area contributed by atoms with Crippen LogP contribution in [0.3, 0.4) is 0 Å². The number of esters is 1. The van der Waals surface area contributed by atoms with E-state index in [0.717, 1.165) is 12.1 Å². The monoisotopic (exact) mass is 352 g/mol. The molecule has 3 rings (SSSR count). The molecule has 0 aliphatic carbocycles. The molecule has 1 amide bonds. The van der Waals surface area contributed by atoms with Gasteiger partial charge in [-0.1, -0.05) is 18.2 Å². The molecule has 1 N–H and O–H groups in total. The highest BCUT2D eigenvalue weighted by molar-refractivity contribution is 6.04. The van der Waals surface area contributed by atoms with Crippen molar-refractivity contribution in [3.8, 4) is 5.75 Å². The molecule has 0 radical (unpaired) electrons. The second-order valence-electron chi connectivity index (χ2n) is 5.13. The van der Waals surface area contributed by atoms with Crippen molar-refractivity contribution < 1.29 is 23.7 Å². The predicted molar refractivity (Wildman–Crippen MR) is 91.2 cm³/mol. The Balaban J connectivity index is 1.63. The summed E-state index contributed by atoms with van der Waals surface area (Å²) in [5, 5.41) is 13.3. The van der Waals surface area contributed by atoms with Gasteiger partial charge in [0.25, 0.3) is 5.91 Å². The van der Waals surface area contributed by atoms with Crippen LogP contribution in [0, 0.1) is 10.1 Å². The highest BCUT2D eigenvalue weighted by atomic mass is 16.7. The molecular formula is C18H12N2O6. The molecule has 0 saturated carbocycles. The summed E-state index contributed by atoms with van der Waals surface area (Å²) in [4.78, 5) is 33.7. The van der Waals surface area contributed by atoms with E-state index in [9.17, 15) is 19.7 Å². The number of hydrogen-bond acceptors (Lipinski definition) is 6. The minimum atomic E-state index is -0.862. The zero-order valence-electron chi connectivity index (χ0n) is 13.2. The van der Waals surface area contributed by atoms with E-state index < -0.39 is 16.8 Å². The van der Waals surface area contributed by atoms with Crippen molar-refractivity contribution in [1.29, 1.82) is 0 Å². The number of nitrogens with zero attached hydrogens (tertiary/aromatic N) is 1. The van der Waals surface area contributed by atoms with Crippen LogP contribution in [0.5, 0.6) is 5.75 Å². The van der Waals surface area contributed by atoms with Crippen LogP contribution in [0.1, 0.15) is 20.9 Å². The summed E-state index contributed by atoms with van der Waals surface area (Å²) >= 11 is 0. The normalized spacial score (nSPS) is 10.2. The van der Waals surface area contributed by atoms with Gasteiger partial charge in [-0.15, -0.1) is 0 Å². The molecule has 2 aromatic carbocycles. The Hall–Kier alpha value is -3.94. The highest BCUT2D eigenvalue weighted by Gasteiger charge is 2.19. The first-order valence-electron chi connectivity index (χ1n) is 7.46. The highest BCUT2D eigenvalue weighted by Crippen LogP contribution is 2.20. The zero-order chi connectivity index (χ0) is 18.5. The maximum absolute atomic E-state index is 12.1. The minimum absolute atomic E-state index is 0.201. The Labute approximate surface area is 147 Å². The molecule has 0 fully saturated rings. The van der Waals surface area contributed by atoms with Crippen LogP contribution < -0.4 is 10.1 Å². The predicted octanol–water partition coefficient (Wildman–Crippen LogP) is 3.66. The molecule has 8 nitrogen and oxygen atoms in total. The third-order valence-corrected chi connectivity index (χ3v) is 3.33. The molecule has 130 valence electrons. The van der Waals surface area contributed by atoms with E-state index in [-0.39, 0.29) is 17.4 Å². The van der Waals surface area contributed by atoms with Gasteiger partial charge in [0.2, 0.25) is 5.76 Å². The first-order valence-corrected chi connectivity index (χ1v) is 7.46. The van der Waals surface area contributed by atoms with Crippen LogP contribution >= 0.6 is 0 Å². The number of anilines is 1. The second kappa shape index (κ2) is 7.31. The van der Waals surface area contributed by atoms with Crippen molar-refractivity contribution in [3.63, 3.8) is 0 Å².